The van der Waals surface area contributed by atoms with Gasteiger partial charge in [0.2, 0.25) is 0 Å². The average molecular weight is 462 g/mol. The summed E-state index contributed by atoms with van der Waals surface area (Å²) in [5.41, 5.74) is 4.66. The van der Waals surface area contributed by atoms with E-state index in [0.717, 1.165) is 22.4 Å². The van der Waals surface area contributed by atoms with Crippen molar-refractivity contribution in [2.75, 3.05) is 0 Å². The molecule has 5 aromatic rings. The SMILES string of the molecule is O=C(NC(Cc1ccccc1)c1ccccc1)c1cc(-c2ccc(F)cc2)nn1-c1ccccc1. The topological polar surface area (TPSA) is 46.9 Å². The van der Waals surface area contributed by atoms with E-state index in [9.17, 15) is 9.18 Å². The highest BCUT2D eigenvalue weighted by Crippen LogP contribution is 2.24. The number of aromatic nitrogens is 2. The van der Waals surface area contributed by atoms with Crippen molar-refractivity contribution in [3.05, 3.63) is 144 Å². The fraction of sp³-hybridized carbons (Fsp3) is 0.0667. The molecule has 1 N–H and O–H groups in total. The molecule has 0 fully saturated rings. The van der Waals surface area contributed by atoms with Crippen LogP contribution in [-0.2, 0) is 6.42 Å². The van der Waals surface area contributed by atoms with Gasteiger partial charge in [-0.15, -0.1) is 0 Å². The lowest BCUT2D eigenvalue weighted by molar-refractivity contribution is 0.0928. The van der Waals surface area contributed by atoms with Crippen LogP contribution in [0.1, 0.15) is 27.7 Å². The smallest absolute Gasteiger partial charge is 0.270 e. The van der Waals surface area contributed by atoms with Crippen LogP contribution in [0.4, 0.5) is 4.39 Å². The van der Waals surface area contributed by atoms with Gasteiger partial charge in [0.25, 0.3) is 5.91 Å². The monoisotopic (exact) mass is 461 g/mol. The first-order valence-corrected chi connectivity index (χ1v) is 11.5. The van der Waals surface area contributed by atoms with Crippen LogP contribution in [0.15, 0.2) is 121 Å². The van der Waals surface area contributed by atoms with Gasteiger partial charge >= 0.3 is 0 Å². The fourth-order valence-corrected chi connectivity index (χ4v) is 4.09. The van der Waals surface area contributed by atoms with E-state index in [1.54, 1.807) is 22.9 Å². The van der Waals surface area contributed by atoms with Gasteiger partial charge in [-0.1, -0.05) is 78.9 Å². The molecule has 4 nitrogen and oxygen atoms in total. The molecule has 0 aliphatic heterocycles. The van der Waals surface area contributed by atoms with Crippen LogP contribution in [-0.4, -0.2) is 15.7 Å². The molecule has 172 valence electrons. The fourth-order valence-electron chi connectivity index (χ4n) is 4.09. The number of carbonyl (C=O) groups is 1. The quantitative estimate of drug-likeness (QED) is 0.305. The summed E-state index contributed by atoms with van der Waals surface area (Å²) in [5.74, 6) is -0.555. The van der Waals surface area contributed by atoms with Crippen LogP contribution in [0.5, 0.6) is 0 Å². The third-order valence-corrected chi connectivity index (χ3v) is 5.87. The van der Waals surface area contributed by atoms with Gasteiger partial charge in [0.1, 0.15) is 11.5 Å². The molecule has 1 aromatic heterocycles. The van der Waals surface area contributed by atoms with Crippen LogP contribution in [0.25, 0.3) is 16.9 Å². The second kappa shape index (κ2) is 10.2. The Morgan fingerprint density at radius 2 is 1.40 bits per heavy atom. The molecular weight excluding hydrogens is 437 g/mol. The number of hydrogen-bond acceptors (Lipinski definition) is 2. The maximum Gasteiger partial charge on any atom is 0.270 e. The van der Waals surface area contributed by atoms with Crippen LogP contribution in [0.2, 0.25) is 0 Å². The lowest BCUT2D eigenvalue weighted by atomic mass is 9.98. The minimum Gasteiger partial charge on any atom is -0.344 e. The van der Waals surface area contributed by atoms with Crippen molar-refractivity contribution in [3.8, 4) is 16.9 Å². The molecule has 4 aromatic carbocycles. The molecule has 1 amide bonds. The van der Waals surface area contributed by atoms with E-state index in [4.69, 9.17) is 5.10 Å². The molecule has 0 spiro atoms. The van der Waals surface area contributed by atoms with Crippen molar-refractivity contribution < 1.29 is 9.18 Å². The first kappa shape index (κ1) is 22.3. The summed E-state index contributed by atoms with van der Waals surface area (Å²) in [7, 11) is 0. The molecule has 0 saturated carbocycles. The van der Waals surface area contributed by atoms with Gasteiger partial charge in [-0.3, -0.25) is 4.79 Å². The molecule has 5 heteroatoms. The summed E-state index contributed by atoms with van der Waals surface area (Å²) < 4.78 is 15.1. The standard InChI is InChI=1S/C30H24FN3O/c31-25-18-16-24(17-19-25)28-21-29(34(33-28)26-14-8-3-9-15-26)30(35)32-27(23-12-6-2-7-13-23)20-22-10-4-1-5-11-22/h1-19,21,27H,20H2,(H,32,35). The van der Waals surface area contributed by atoms with Crippen molar-refractivity contribution in [1.82, 2.24) is 15.1 Å². The number of rotatable bonds is 7. The van der Waals surface area contributed by atoms with Crippen molar-refractivity contribution in [3.63, 3.8) is 0 Å². The third-order valence-electron chi connectivity index (χ3n) is 5.87. The maximum atomic E-state index is 13.7. The van der Waals surface area contributed by atoms with E-state index in [0.29, 0.717) is 17.8 Å². The number of halogens is 1. The Balaban J connectivity index is 1.51. The molecule has 1 unspecified atom stereocenters. The number of amides is 1. The average Bonchev–Trinajstić information content (AvgIpc) is 3.36. The van der Waals surface area contributed by atoms with Crippen molar-refractivity contribution in [1.29, 1.82) is 0 Å². The predicted molar refractivity (Wildman–Crippen MR) is 136 cm³/mol. The number of benzene rings is 4. The van der Waals surface area contributed by atoms with Gasteiger partial charge in [-0.05, 0) is 60.0 Å². The van der Waals surface area contributed by atoms with Gasteiger partial charge in [-0.25, -0.2) is 9.07 Å². The summed E-state index contributed by atoms with van der Waals surface area (Å²) in [6.45, 7) is 0. The van der Waals surface area contributed by atoms with E-state index >= 15 is 0 Å². The summed E-state index contributed by atoms with van der Waals surface area (Å²) in [6.07, 6.45) is 0.654. The predicted octanol–water partition coefficient (Wildman–Crippen LogP) is 6.39. The normalized spacial score (nSPS) is 11.7. The lowest BCUT2D eigenvalue weighted by Gasteiger charge is -2.20. The van der Waals surface area contributed by atoms with Crippen LogP contribution >= 0.6 is 0 Å². The molecular formula is C30H24FN3O. The van der Waals surface area contributed by atoms with Gasteiger partial charge in [0, 0.05) is 5.56 Å². The zero-order chi connectivity index (χ0) is 24.0. The van der Waals surface area contributed by atoms with Gasteiger partial charge in [-0.2, -0.15) is 5.10 Å². The molecule has 35 heavy (non-hydrogen) atoms. The molecule has 1 atom stereocenters. The highest BCUT2D eigenvalue weighted by molar-refractivity contribution is 5.94. The largest absolute Gasteiger partial charge is 0.344 e. The lowest BCUT2D eigenvalue weighted by Crippen LogP contribution is -2.31. The number of carbonyl (C=O) groups excluding carboxylic acids is 1. The van der Waals surface area contributed by atoms with Crippen molar-refractivity contribution in [2.24, 2.45) is 0 Å². The minimum absolute atomic E-state index is 0.223. The second-order valence-electron chi connectivity index (χ2n) is 8.30. The third kappa shape index (κ3) is 5.20. The Bertz CT molecular complexity index is 1400. The minimum atomic E-state index is -0.319. The van der Waals surface area contributed by atoms with Gasteiger partial charge in [0.05, 0.1) is 17.4 Å². The van der Waals surface area contributed by atoms with Crippen LogP contribution in [0, 0.1) is 5.82 Å². The van der Waals surface area contributed by atoms with E-state index in [1.165, 1.54) is 12.1 Å². The van der Waals surface area contributed by atoms with Crippen molar-refractivity contribution >= 4 is 5.91 Å². The van der Waals surface area contributed by atoms with Gasteiger partial charge in [0.15, 0.2) is 0 Å². The van der Waals surface area contributed by atoms with Crippen LogP contribution in [0.3, 0.4) is 0 Å². The Hall–Kier alpha value is -4.51. The molecule has 0 radical (unpaired) electrons. The zero-order valence-corrected chi connectivity index (χ0v) is 19.0. The zero-order valence-electron chi connectivity index (χ0n) is 19.0. The van der Waals surface area contributed by atoms with E-state index in [-0.39, 0.29) is 17.8 Å². The molecule has 0 aliphatic carbocycles. The summed E-state index contributed by atoms with van der Waals surface area (Å²) in [6, 6.07) is 37.2. The number of para-hydroxylation sites is 1. The summed E-state index contributed by atoms with van der Waals surface area (Å²) in [5, 5.41) is 7.92. The highest BCUT2D eigenvalue weighted by atomic mass is 19.1. The Morgan fingerprint density at radius 1 is 0.800 bits per heavy atom. The van der Waals surface area contributed by atoms with Crippen molar-refractivity contribution in [2.45, 2.75) is 12.5 Å². The van der Waals surface area contributed by atoms with E-state index < -0.39 is 0 Å². The van der Waals surface area contributed by atoms with Crippen LogP contribution < -0.4 is 5.32 Å². The first-order valence-electron chi connectivity index (χ1n) is 11.5. The number of hydrogen-bond donors (Lipinski definition) is 1. The molecule has 0 aliphatic rings. The number of nitrogens with zero attached hydrogens (tertiary/aromatic N) is 2. The molecule has 5 rings (SSSR count). The molecule has 0 bridgehead atoms. The Labute approximate surface area is 203 Å². The van der Waals surface area contributed by atoms with Gasteiger partial charge < -0.3 is 5.32 Å². The second-order valence-corrected chi connectivity index (χ2v) is 8.30. The Kier molecular flexibility index (Phi) is 6.48. The maximum absolute atomic E-state index is 13.7. The van der Waals surface area contributed by atoms with E-state index in [1.807, 2.05) is 78.9 Å². The summed E-state index contributed by atoms with van der Waals surface area (Å²) in [4.78, 5) is 13.7. The number of nitrogens with one attached hydrogen (secondary N) is 1. The highest BCUT2D eigenvalue weighted by Gasteiger charge is 2.22. The molecule has 1 heterocycles. The molecule has 0 saturated heterocycles. The first-order chi connectivity index (χ1) is 17.2. The summed E-state index contributed by atoms with van der Waals surface area (Å²) >= 11 is 0. The Morgan fingerprint density at radius 3 is 2.06 bits per heavy atom. The van der Waals surface area contributed by atoms with E-state index in [2.05, 4.69) is 17.4 Å².